The molecule has 0 aliphatic carbocycles. The standard InChI is InChI=1S/C11H17NO4S/c1-7-2-4-16-8(7)9(13)12-11(10(14)15)3-5-17-6-11/h7-8H,2-6H2,1H3,(H,12,13)(H,14,15). The van der Waals surface area contributed by atoms with E-state index in [0.717, 1.165) is 12.2 Å². The van der Waals surface area contributed by atoms with Crippen LogP contribution in [0.25, 0.3) is 0 Å². The lowest BCUT2D eigenvalue weighted by atomic mass is 9.97. The molecular formula is C11H17NO4S. The van der Waals surface area contributed by atoms with Crippen molar-refractivity contribution >= 4 is 23.6 Å². The molecule has 6 heteroatoms. The molecular weight excluding hydrogens is 242 g/mol. The van der Waals surface area contributed by atoms with Crippen LogP contribution < -0.4 is 5.32 Å². The van der Waals surface area contributed by atoms with E-state index in [1.165, 1.54) is 0 Å². The van der Waals surface area contributed by atoms with E-state index in [-0.39, 0.29) is 11.8 Å². The topological polar surface area (TPSA) is 75.6 Å². The van der Waals surface area contributed by atoms with Gasteiger partial charge in [0, 0.05) is 12.4 Å². The molecule has 3 unspecified atom stereocenters. The lowest BCUT2D eigenvalue weighted by Crippen LogP contribution is -2.57. The van der Waals surface area contributed by atoms with E-state index < -0.39 is 17.6 Å². The van der Waals surface area contributed by atoms with Gasteiger partial charge in [-0.15, -0.1) is 0 Å². The van der Waals surface area contributed by atoms with E-state index in [1.807, 2.05) is 6.92 Å². The number of amides is 1. The van der Waals surface area contributed by atoms with Crippen molar-refractivity contribution in [1.29, 1.82) is 0 Å². The minimum absolute atomic E-state index is 0.162. The van der Waals surface area contributed by atoms with Crippen LogP contribution in [0, 0.1) is 5.92 Å². The number of aliphatic carboxylic acids is 1. The summed E-state index contributed by atoms with van der Waals surface area (Å²) in [6, 6.07) is 0. The number of carbonyl (C=O) groups is 2. The smallest absolute Gasteiger partial charge is 0.330 e. The third-order valence-electron chi connectivity index (χ3n) is 3.44. The van der Waals surface area contributed by atoms with Gasteiger partial charge in [0.25, 0.3) is 0 Å². The molecule has 0 bridgehead atoms. The minimum atomic E-state index is -1.09. The molecule has 0 saturated carbocycles. The van der Waals surface area contributed by atoms with Gasteiger partial charge in [0.1, 0.15) is 11.6 Å². The normalized spacial score (nSPS) is 37.0. The van der Waals surface area contributed by atoms with Gasteiger partial charge in [-0.05, 0) is 24.5 Å². The highest BCUT2D eigenvalue weighted by molar-refractivity contribution is 7.99. The Morgan fingerprint density at radius 3 is 2.76 bits per heavy atom. The summed E-state index contributed by atoms with van der Waals surface area (Å²) >= 11 is 1.56. The lowest BCUT2D eigenvalue weighted by Gasteiger charge is -2.27. The van der Waals surface area contributed by atoms with Crippen molar-refractivity contribution in [2.24, 2.45) is 5.92 Å². The molecule has 3 atom stereocenters. The second kappa shape index (κ2) is 4.86. The van der Waals surface area contributed by atoms with E-state index in [4.69, 9.17) is 4.74 Å². The zero-order chi connectivity index (χ0) is 12.5. The molecule has 96 valence electrons. The molecule has 2 aliphatic rings. The van der Waals surface area contributed by atoms with Crippen LogP contribution in [0.4, 0.5) is 0 Å². The molecule has 5 nitrogen and oxygen atoms in total. The molecule has 2 fully saturated rings. The van der Waals surface area contributed by atoms with Crippen LogP contribution in [-0.4, -0.2) is 46.7 Å². The third kappa shape index (κ3) is 2.42. The van der Waals surface area contributed by atoms with Crippen LogP contribution >= 0.6 is 11.8 Å². The Hall–Kier alpha value is -0.750. The Balaban J connectivity index is 2.03. The summed E-state index contributed by atoms with van der Waals surface area (Å²) in [7, 11) is 0. The summed E-state index contributed by atoms with van der Waals surface area (Å²) in [5.41, 5.74) is -1.09. The van der Waals surface area contributed by atoms with Crippen molar-refractivity contribution in [1.82, 2.24) is 5.32 Å². The number of nitrogens with one attached hydrogen (secondary N) is 1. The molecule has 2 rings (SSSR count). The summed E-state index contributed by atoms with van der Waals surface area (Å²) in [4.78, 5) is 23.3. The summed E-state index contributed by atoms with van der Waals surface area (Å²) in [6.45, 7) is 2.53. The first-order valence-corrected chi connectivity index (χ1v) is 6.95. The predicted molar refractivity (Wildman–Crippen MR) is 64.0 cm³/mol. The van der Waals surface area contributed by atoms with Gasteiger partial charge in [0.05, 0.1) is 0 Å². The summed E-state index contributed by atoms with van der Waals surface area (Å²) in [5.74, 6) is 0.152. The van der Waals surface area contributed by atoms with Gasteiger partial charge >= 0.3 is 5.97 Å². The van der Waals surface area contributed by atoms with Gasteiger partial charge < -0.3 is 15.2 Å². The quantitative estimate of drug-likeness (QED) is 0.771. The highest BCUT2D eigenvalue weighted by Gasteiger charge is 2.45. The number of ether oxygens (including phenoxy) is 1. The molecule has 0 aromatic carbocycles. The van der Waals surface area contributed by atoms with Crippen molar-refractivity contribution in [3.05, 3.63) is 0 Å². The van der Waals surface area contributed by atoms with Gasteiger partial charge in [-0.3, -0.25) is 4.79 Å². The maximum atomic E-state index is 12.0. The zero-order valence-electron chi connectivity index (χ0n) is 9.77. The molecule has 2 saturated heterocycles. The van der Waals surface area contributed by atoms with E-state index in [2.05, 4.69) is 5.32 Å². The van der Waals surface area contributed by atoms with Gasteiger partial charge in [-0.25, -0.2) is 4.79 Å². The first kappa shape index (κ1) is 12.7. The molecule has 0 aromatic rings. The maximum Gasteiger partial charge on any atom is 0.330 e. The minimum Gasteiger partial charge on any atom is -0.479 e. The molecule has 2 heterocycles. The number of thioether (sulfide) groups is 1. The monoisotopic (exact) mass is 259 g/mol. The highest BCUT2D eigenvalue weighted by atomic mass is 32.2. The number of carboxylic acid groups (broad SMARTS) is 1. The Kier molecular flexibility index (Phi) is 3.63. The Morgan fingerprint density at radius 1 is 1.53 bits per heavy atom. The van der Waals surface area contributed by atoms with Crippen LogP contribution in [0.1, 0.15) is 19.8 Å². The van der Waals surface area contributed by atoms with Gasteiger partial charge in [-0.1, -0.05) is 6.92 Å². The Bertz CT molecular complexity index is 327. The fourth-order valence-electron chi connectivity index (χ4n) is 2.22. The molecule has 0 radical (unpaired) electrons. The highest BCUT2D eigenvalue weighted by Crippen LogP contribution is 2.29. The molecule has 1 amide bonds. The number of carboxylic acids is 1. The van der Waals surface area contributed by atoms with E-state index in [0.29, 0.717) is 18.8 Å². The van der Waals surface area contributed by atoms with Crippen LogP contribution in [0.15, 0.2) is 0 Å². The van der Waals surface area contributed by atoms with Gasteiger partial charge in [0.2, 0.25) is 5.91 Å². The van der Waals surface area contributed by atoms with Crippen LogP contribution in [0.2, 0.25) is 0 Å². The fourth-order valence-corrected chi connectivity index (χ4v) is 3.55. The molecule has 0 spiro atoms. The second-order valence-corrected chi connectivity index (χ2v) is 5.84. The Morgan fingerprint density at radius 2 is 2.29 bits per heavy atom. The summed E-state index contributed by atoms with van der Waals surface area (Å²) in [6.07, 6.45) is 0.851. The summed E-state index contributed by atoms with van der Waals surface area (Å²) < 4.78 is 5.35. The first-order chi connectivity index (χ1) is 8.05. The number of hydrogen-bond acceptors (Lipinski definition) is 4. The Labute approximate surface area is 104 Å². The van der Waals surface area contributed by atoms with Crippen molar-refractivity contribution in [2.45, 2.75) is 31.4 Å². The van der Waals surface area contributed by atoms with Crippen molar-refractivity contribution < 1.29 is 19.4 Å². The lowest BCUT2D eigenvalue weighted by molar-refractivity contribution is -0.148. The second-order valence-electron chi connectivity index (χ2n) is 4.74. The van der Waals surface area contributed by atoms with E-state index in [1.54, 1.807) is 11.8 Å². The molecule has 2 aliphatic heterocycles. The maximum absolute atomic E-state index is 12.0. The summed E-state index contributed by atoms with van der Waals surface area (Å²) in [5, 5.41) is 11.9. The van der Waals surface area contributed by atoms with Crippen molar-refractivity contribution in [3.8, 4) is 0 Å². The van der Waals surface area contributed by atoms with E-state index in [9.17, 15) is 14.7 Å². The largest absolute Gasteiger partial charge is 0.479 e. The fraction of sp³-hybridized carbons (Fsp3) is 0.818. The SMILES string of the molecule is CC1CCOC1C(=O)NC1(C(=O)O)CCSC1. The third-order valence-corrected chi connectivity index (χ3v) is 4.63. The van der Waals surface area contributed by atoms with Crippen LogP contribution in [0.5, 0.6) is 0 Å². The molecule has 2 N–H and O–H groups in total. The van der Waals surface area contributed by atoms with Crippen molar-refractivity contribution in [3.63, 3.8) is 0 Å². The number of carbonyl (C=O) groups excluding carboxylic acids is 1. The van der Waals surface area contributed by atoms with Crippen LogP contribution in [0.3, 0.4) is 0 Å². The van der Waals surface area contributed by atoms with Crippen LogP contribution in [-0.2, 0) is 14.3 Å². The molecule has 17 heavy (non-hydrogen) atoms. The average molecular weight is 259 g/mol. The zero-order valence-corrected chi connectivity index (χ0v) is 10.6. The van der Waals surface area contributed by atoms with Crippen molar-refractivity contribution in [2.75, 3.05) is 18.1 Å². The van der Waals surface area contributed by atoms with E-state index >= 15 is 0 Å². The predicted octanol–water partition coefficient (Wildman–Crippen LogP) is 0.488. The molecule has 0 aromatic heterocycles. The first-order valence-electron chi connectivity index (χ1n) is 5.80. The number of rotatable bonds is 3. The van der Waals surface area contributed by atoms with Gasteiger partial charge in [0.15, 0.2) is 0 Å². The average Bonchev–Trinajstić information content (AvgIpc) is 2.87. The number of hydrogen-bond donors (Lipinski definition) is 2. The van der Waals surface area contributed by atoms with Gasteiger partial charge in [-0.2, -0.15) is 11.8 Å².